The topological polar surface area (TPSA) is 64.4 Å². The molecule has 0 saturated carbocycles. The summed E-state index contributed by atoms with van der Waals surface area (Å²) in [6.45, 7) is 5.71. The average molecular weight is 253 g/mol. The molecule has 1 aromatic heterocycles. The summed E-state index contributed by atoms with van der Waals surface area (Å²) in [5.41, 5.74) is 0.452. The summed E-state index contributed by atoms with van der Waals surface area (Å²) >= 11 is 0. The van der Waals surface area contributed by atoms with Gasteiger partial charge >= 0.3 is 5.97 Å². The average Bonchev–Trinajstić information content (AvgIpc) is 2.71. The molecule has 0 bridgehead atoms. The van der Waals surface area contributed by atoms with Crippen LogP contribution in [0.1, 0.15) is 31.3 Å². The maximum Gasteiger partial charge on any atom is 0.325 e. The zero-order chi connectivity index (χ0) is 13.7. The second-order valence-electron chi connectivity index (χ2n) is 4.22. The number of amides is 1. The minimum absolute atomic E-state index is 0.0461. The molecule has 1 rings (SSSR count). The third-order valence-corrected chi connectivity index (χ3v) is 2.52. The fraction of sp³-hybridized carbons (Fsp3) is 0.583. The molecular weight excluding hydrogens is 234 g/mol. The zero-order valence-corrected chi connectivity index (χ0v) is 11.2. The summed E-state index contributed by atoms with van der Waals surface area (Å²) < 4.78 is 6.49. The normalized spacial score (nSPS) is 10.5. The van der Waals surface area contributed by atoms with E-state index >= 15 is 0 Å². The fourth-order valence-electron chi connectivity index (χ4n) is 1.55. The minimum atomic E-state index is -0.401. The highest BCUT2D eigenvalue weighted by Gasteiger charge is 2.23. The van der Waals surface area contributed by atoms with E-state index in [2.05, 4.69) is 4.98 Å². The molecule has 6 nitrogen and oxygen atoms in total. The van der Waals surface area contributed by atoms with Gasteiger partial charge in [0.05, 0.1) is 19.1 Å². The summed E-state index contributed by atoms with van der Waals surface area (Å²) in [7, 11) is 1.74. The molecule has 0 fully saturated rings. The molecule has 0 aliphatic rings. The number of carbonyl (C=O) groups excluding carboxylic acids is 2. The quantitative estimate of drug-likeness (QED) is 0.729. The van der Waals surface area contributed by atoms with E-state index in [1.54, 1.807) is 24.9 Å². The lowest BCUT2D eigenvalue weighted by molar-refractivity contribution is -0.144. The van der Waals surface area contributed by atoms with Crippen LogP contribution < -0.4 is 0 Å². The Hall–Kier alpha value is -1.85. The zero-order valence-electron chi connectivity index (χ0n) is 11.2. The first-order valence-corrected chi connectivity index (χ1v) is 5.90. The van der Waals surface area contributed by atoms with Crippen LogP contribution in [0.2, 0.25) is 0 Å². The highest BCUT2D eigenvalue weighted by molar-refractivity contribution is 5.94. The van der Waals surface area contributed by atoms with E-state index in [0.29, 0.717) is 12.3 Å². The summed E-state index contributed by atoms with van der Waals surface area (Å²) in [5, 5.41) is 0. The number of hydrogen-bond acceptors (Lipinski definition) is 4. The van der Waals surface area contributed by atoms with Gasteiger partial charge in [-0.3, -0.25) is 9.59 Å². The van der Waals surface area contributed by atoms with E-state index in [-0.39, 0.29) is 18.5 Å². The number of ether oxygens (including phenoxy) is 1. The standard InChI is InChI=1S/C12H19N3O3/c1-5-18-11(16)7-15(9(2)3)12(17)10-6-13-8-14(10)4/h6,8-9H,5,7H2,1-4H3. The van der Waals surface area contributed by atoms with Gasteiger partial charge in [-0.05, 0) is 20.8 Å². The SMILES string of the molecule is CCOC(=O)CN(C(=O)c1cncn1C)C(C)C. The van der Waals surface area contributed by atoms with E-state index in [0.717, 1.165) is 0 Å². The summed E-state index contributed by atoms with van der Waals surface area (Å²) in [6, 6.07) is -0.0863. The molecule has 6 heteroatoms. The molecule has 0 atom stereocenters. The molecule has 0 aromatic carbocycles. The van der Waals surface area contributed by atoms with E-state index < -0.39 is 5.97 Å². The predicted molar refractivity (Wildman–Crippen MR) is 66.0 cm³/mol. The number of carbonyl (C=O) groups is 2. The molecule has 1 amide bonds. The van der Waals surface area contributed by atoms with Crippen molar-refractivity contribution in [3.05, 3.63) is 18.2 Å². The number of aryl methyl sites for hydroxylation is 1. The maximum atomic E-state index is 12.3. The second kappa shape index (κ2) is 6.18. The van der Waals surface area contributed by atoms with Crippen molar-refractivity contribution in [2.75, 3.05) is 13.2 Å². The number of rotatable bonds is 5. The van der Waals surface area contributed by atoms with Crippen LogP contribution in [0, 0.1) is 0 Å². The number of imidazole rings is 1. The van der Waals surface area contributed by atoms with Crippen LogP contribution in [0.5, 0.6) is 0 Å². The van der Waals surface area contributed by atoms with Gasteiger partial charge in [0.1, 0.15) is 12.2 Å². The van der Waals surface area contributed by atoms with Gasteiger partial charge in [0, 0.05) is 13.1 Å². The first-order chi connectivity index (χ1) is 8.47. The van der Waals surface area contributed by atoms with Gasteiger partial charge in [0.2, 0.25) is 0 Å². The van der Waals surface area contributed by atoms with Gasteiger partial charge in [-0.15, -0.1) is 0 Å². The Kier molecular flexibility index (Phi) is 4.88. The summed E-state index contributed by atoms with van der Waals surface area (Å²) in [4.78, 5) is 29.1. The summed E-state index contributed by atoms with van der Waals surface area (Å²) in [6.07, 6.45) is 3.04. The molecule has 0 radical (unpaired) electrons. The molecule has 18 heavy (non-hydrogen) atoms. The first-order valence-electron chi connectivity index (χ1n) is 5.90. The van der Waals surface area contributed by atoms with Crippen LogP contribution in [0.4, 0.5) is 0 Å². The number of nitrogens with zero attached hydrogens (tertiary/aromatic N) is 3. The Morgan fingerprint density at radius 2 is 2.17 bits per heavy atom. The first kappa shape index (κ1) is 14.2. The Labute approximate surface area is 107 Å². The largest absolute Gasteiger partial charge is 0.465 e. The van der Waals surface area contributed by atoms with Crippen molar-refractivity contribution in [2.24, 2.45) is 7.05 Å². The molecule has 1 aromatic rings. The van der Waals surface area contributed by atoms with Gasteiger partial charge in [0.15, 0.2) is 0 Å². The van der Waals surface area contributed by atoms with Crippen LogP contribution >= 0.6 is 0 Å². The van der Waals surface area contributed by atoms with Crippen LogP contribution in [-0.2, 0) is 16.6 Å². The number of esters is 1. The lowest BCUT2D eigenvalue weighted by Crippen LogP contribution is -2.41. The van der Waals surface area contributed by atoms with Crippen molar-refractivity contribution in [1.29, 1.82) is 0 Å². The van der Waals surface area contributed by atoms with Crippen molar-refractivity contribution >= 4 is 11.9 Å². The van der Waals surface area contributed by atoms with Crippen molar-refractivity contribution in [3.8, 4) is 0 Å². The van der Waals surface area contributed by atoms with Crippen molar-refractivity contribution < 1.29 is 14.3 Å². The van der Waals surface area contributed by atoms with E-state index in [9.17, 15) is 9.59 Å². The number of aromatic nitrogens is 2. The van der Waals surface area contributed by atoms with Gasteiger partial charge in [-0.1, -0.05) is 0 Å². The third-order valence-electron chi connectivity index (χ3n) is 2.52. The minimum Gasteiger partial charge on any atom is -0.465 e. The Morgan fingerprint density at radius 1 is 1.50 bits per heavy atom. The highest BCUT2D eigenvalue weighted by Crippen LogP contribution is 2.07. The van der Waals surface area contributed by atoms with Gasteiger partial charge in [-0.25, -0.2) is 4.98 Å². The van der Waals surface area contributed by atoms with Crippen molar-refractivity contribution in [1.82, 2.24) is 14.5 Å². The predicted octanol–water partition coefficient (Wildman–Crippen LogP) is 0.834. The van der Waals surface area contributed by atoms with Crippen LogP contribution in [0.25, 0.3) is 0 Å². The molecular formula is C12H19N3O3. The van der Waals surface area contributed by atoms with E-state index in [1.807, 2.05) is 13.8 Å². The van der Waals surface area contributed by atoms with E-state index in [1.165, 1.54) is 11.1 Å². The lowest BCUT2D eigenvalue weighted by atomic mass is 10.2. The Bertz CT molecular complexity index is 426. The fourth-order valence-corrected chi connectivity index (χ4v) is 1.55. The third kappa shape index (κ3) is 3.32. The molecule has 100 valence electrons. The monoisotopic (exact) mass is 253 g/mol. The van der Waals surface area contributed by atoms with Gasteiger partial charge < -0.3 is 14.2 Å². The molecule has 0 saturated heterocycles. The van der Waals surface area contributed by atoms with Crippen molar-refractivity contribution in [3.63, 3.8) is 0 Å². The van der Waals surface area contributed by atoms with Gasteiger partial charge in [-0.2, -0.15) is 0 Å². The van der Waals surface area contributed by atoms with Crippen LogP contribution in [0.3, 0.4) is 0 Å². The maximum absolute atomic E-state index is 12.3. The highest BCUT2D eigenvalue weighted by atomic mass is 16.5. The lowest BCUT2D eigenvalue weighted by Gasteiger charge is -2.25. The molecule has 0 aliphatic heterocycles. The Morgan fingerprint density at radius 3 is 2.61 bits per heavy atom. The Balaban J connectivity index is 2.83. The van der Waals surface area contributed by atoms with Crippen LogP contribution in [-0.4, -0.2) is 45.5 Å². The van der Waals surface area contributed by atoms with Gasteiger partial charge in [0.25, 0.3) is 5.91 Å². The molecule has 0 spiro atoms. The molecule has 1 heterocycles. The van der Waals surface area contributed by atoms with Crippen molar-refractivity contribution in [2.45, 2.75) is 26.8 Å². The molecule has 0 unspecified atom stereocenters. The van der Waals surface area contributed by atoms with Crippen LogP contribution in [0.15, 0.2) is 12.5 Å². The summed E-state index contributed by atoms with van der Waals surface area (Å²) in [5.74, 6) is -0.625. The number of hydrogen-bond donors (Lipinski definition) is 0. The molecule has 0 N–H and O–H groups in total. The molecule has 0 aliphatic carbocycles. The van der Waals surface area contributed by atoms with E-state index in [4.69, 9.17) is 4.74 Å². The second-order valence-corrected chi connectivity index (χ2v) is 4.22. The smallest absolute Gasteiger partial charge is 0.325 e.